The Labute approximate surface area is 82.0 Å². The summed E-state index contributed by atoms with van der Waals surface area (Å²) in [6.45, 7) is 15.1. The molecule has 72 valence electrons. The van der Waals surface area contributed by atoms with E-state index in [4.69, 9.17) is 0 Å². The Hall–Kier alpha value is -0.780. The zero-order valence-corrected chi connectivity index (χ0v) is 9.44. The fourth-order valence-electron chi connectivity index (χ4n) is 2.03. The van der Waals surface area contributed by atoms with E-state index < -0.39 is 0 Å². The lowest BCUT2D eigenvalue weighted by Crippen LogP contribution is -2.17. The van der Waals surface area contributed by atoms with Crippen LogP contribution in [0.3, 0.4) is 0 Å². The van der Waals surface area contributed by atoms with Crippen LogP contribution in [0, 0.1) is 11.8 Å². The monoisotopic (exact) mass is 176 g/mol. The third kappa shape index (κ3) is 1.77. The van der Waals surface area contributed by atoms with Gasteiger partial charge in [-0.2, -0.15) is 0 Å². The van der Waals surface area contributed by atoms with Crippen molar-refractivity contribution in [3.8, 4) is 0 Å². The molecule has 0 amide bonds. The molecule has 0 saturated carbocycles. The zero-order chi connectivity index (χ0) is 10.2. The number of rotatable bonds is 1. The zero-order valence-electron chi connectivity index (χ0n) is 9.44. The van der Waals surface area contributed by atoms with E-state index in [0.717, 1.165) is 0 Å². The van der Waals surface area contributed by atoms with Crippen molar-refractivity contribution in [1.29, 1.82) is 0 Å². The highest BCUT2D eigenvalue weighted by molar-refractivity contribution is 5.39. The molecular weight excluding hydrogens is 156 g/mol. The van der Waals surface area contributed by atoms with Crippen LogP contribution in [0.2, 0.25) is 0 Å². The summed E-state index contributed by atoms with van der Waals surface area (Å²) in [5.41, 5.74) is 5.68. The van der Waals surface area contributed by atoms with Crippen LogP contribution in [0.15, 0.2) is 34.9 Å². The van der Waals surface area contributed by atoms with E-state index in [1.54, 1.807) is 0 Å². The molecule has 0 saturated heterocycles. The van der Waals surface area contributed by atoms with E-state index in [2.05, 4.69) is 47.3 Å². The Kier molecular flexibility index (Phi) is 2.80. The molecule has 0 aliphatic heterocycles. The Bertz CT molecular complexity index is 289. The topological polar surface area (TPSA) is 0 Å². The predicted molar refractivity (Wildman–Crippen MR) is 59.6 cm³/mol. The normalized spacial score (nSPS) is 28.8. The molecule has 13 heavy (non-hydrogen) atoms. The summed E-state index contributed by atoms with van der Waals surface area (Å²) in [7, 11) is 0. The van der Waals surface area contributed by atoms with Crippen molar-refractivity contribution >= 4 is 0 Å². The molecule has 0 spiro atoms. The van der Waals surface area contributed by atoms with Crippen molar-refractivity contribution in [2.45, 2.75) is 34.6 Å². The molecule has 0 N–H and O–H groups in total. The van der Waals surface area contributed by atoms with Gasteiger partial charge in [0.1, 0.15) is 0 Å². The van der Waals surface area contributed by atoms with Crippen LogP contribution in [-0.4, -0.2) is 0 Å². The van der Waals surface area contributed by atoms with E-state index in [1.807, 2.05) is 0 Å². The molecule has 1 aliphatic carbocycles. The second kappa shape index (κ2) is 3.53. The average Bonchev–Trinajstić information content (AvgIpc) is 2.07. The summed E-state index contributed by atoms with van der Waals surface area (Å²) in [4.78, 5) is 0. The molecule has 2 unspecified atom stereocenters. The smallest absolute Gasteiger partial charge is 0.00401 e. The minimum Gasteiger partial charge on any atom is -0.0995 e. The maximum Gasteiger partial charge on any atom is 0.00401 e. The van der Waals surface area contributed by atoms with Gasteiger partial charge >= 0.3 is 0 Å². The summed E-state index contributed by atoms with van der Waals surface area (Å²) in [5, 5.41) is 0. The Morgan fingerprint density at radius 3 is 2.31 bits per heavy atom. The molecule has 0 heteroatoms. The van der Waals surface area contributed by atoms with Gasteiger partial charge in [-0.1, -0.05) is 36.3 Å². The van der Waals surface area contributed by atoms with Gasteiger partial charge < -0.3 is 0 Å². The number of allylic oxidation sites excluding steroid dienone is 5. The van der Waals surface area contributed by atoms with Crippen molar-refractivity contribution in [3.05, 3.63) is 34.9 Å². The predicted octanol–water partition coefficient (Wildman–Crippen LogP) is 4.11. The maximum atomic E-state index is 4.06. The van der Waals surface area contributed by atoms with Crippen molar-refractivity contribution in [3.63, 3.8) is 0 Å². The van der Waals surface area contributed by atoms with Crippen molar-refractivity contribution in [1.82, 2.24) is 0 Å². The molecule has 0 aromatic carbocycles. The van der Waals surface area contributed by atoms with E-state index in [0.29, 0.717) is 11.8 Å². The molecule has 0 aromatic rings. The largest absolute Gasteiger partial charge is 0.0995 e. The third-order valence-electron chi connectivity index (χ3n) is 3.40. The minimum atomic E-state index is 0.545. The van der Waals surface area contributed by atoms with Gasteiger partial charge in [0.05, 0.1) is 0 Å². The van der Waals surface area contributed by atoms with E-state index >= 15 is 0 Å². The highest BCUT2D eigenvalue weighted by Gasteiger charge is 2.23. The Morgan fingerprint density at radius 1 is 1.31 bits per heavy atom. The van der Waals surface area contributed by atoms with Gasteiger partial charge in [0, 0.05) is 5.92 Å². The van der Waals surface area contributed by atoms with Crippen LogP contribution < -0.4 is 0 Å². The molecule has 2 atom stereocenters. The Balaban J connectivity index is 3.07. The highest BCUT2D eigenvalue weighted by Crippen LogP contribution is 2.36. The summed E-state index contributed by atoms with van der Waals surface area (Å²) in [6.07, 6.45) is 2.36. The van der Waals surface area contributed by atoms with Gasteiger partial charge in [-0.25, -0.2) is 0 Å². The molecule has 1 rings (SSSR count). The summed E-state index contributed by atoms with van der Waals surface area (Å²) < 4.78 is 0. The second-order valence-electron chi connectivity index (χ2n) is 4.32. The molecule has 0 heterocycles. The first-order valence-corrected chi connectivity index (χ1v) is 4.96. The highest BCUT2D eigenvalue weighted by atomic mass is 14.3. The van der Waals surface area contributed by atoms with Crippen molar-refractivity contribution in [2.75, 3.05) is 0 Å². The summed E-state index contributed by atoms with van der Waals surface area (Å²) in [6, 6.07) is 0. The lowest BCUT2D eigenvalue weighted by atomic mass is 9.76. The lowest BCUT2D eigenvalue weighted by molar-refractivity contribution is 0.536. The first kappa shape index (κ1) is 10.3. The fraction of sp³-hybridized carbons (Fsp3) is 0.538. The van der Waals surface area contributed by atoms with Crippen LogP contribution >= 0.6 is 0 Å². The van der Waals surface area contributed by atoms with E-state index in [1.165, 1.54) is 22.3 Å². The molecular formula is C13H20. The quantitative estimate of drug-likeness (QED) is 0.527. The van der Waals surface area contributed by atoms with Crippen LogP contribution in [0.5, 0.6) is 0 Å². The van der Waals surface area contributed by atoms with Gasteiger partial charge in [-0.05, 0) is 39.2 Å². The SMILES string of the molecule is C=C(C)C1C=C(C)C(C)=C(C)C1C. The van der Waals surface area contributed by atoms with Gasteiger partial charge in [0.15, 0.2) is 0 Å². The van der Waals surface area contributed by atoms with Crippen LogP contribution in [-0.2, 0) is 0 Å². The fourth-order valence-corrected chi connectivity index (χ4v) is 2.03. The maximum absolute atomic E-state index is 4.06. The lowest BCUT2D eigenvalue weighted by Gasteiger charge is -2.29. The second-order valence-corrected chi connectivity index (χ2v) is 4.32. The van der Waals surface area contributed by atoms with E-state index in [-0.39, 0.29) is 0 Å². The average molecular weight is 176 g/mol. The first-order valence-electron chi connectivity index (χ1n) is 4.96. The molecule has 0 nitrogen and oxygen atoms in total. The summed E-state index contributed by atoms with van der Waals surface area (Å²) >= 11 is 0. The molecule has 0 fully saturated rings. The van der Waals surface area contributed by atoms with Gasteiger partial charge in [0.25, 0.3) is 0 Å². The van der Waals surface area contributed by atoms with Gasteiger partial charge in [-0.3, -0.25) is 0 Å². The number of hydrogen-bond acceptors (Lipinski definition) is 0. The molecule has 0 radical (unpaired) electrons. The molecule has 0 bridgehead atoms. The Morgan fingerprint density at radius 2 is 1.85 bits per heavy atom. The first-order chi connectivity index (χ1) is 5.95. The van der Waals surface area contributed by atoms with Crippen molar-refractivity contribution < 1.29 is 0 Å². The van der Waals surface area contributed by atoms with Crippen LogP contribution in [0.25, 0.3) is 0 Å². The van der Waals surface area contributed by atoms with Crippen molar-refractivity contribution in [2.24, 2.45) is 11.8 Å². The third-order valence-corrected chi connectivity index (χ3v) is 3.40. The van der Waals surface area contributed by atoms with Gasteiger partial charge in [0.2, 0.25) is 0 Å². The number of hydrogen-bond donors (Lipinski definition) is 0. The van der Waals surface area contributed by atoms with Crippen LogP contribution in [0.4, 0.5) is 0 Å². The van der Waals surface area contributed by atoms with Crippen LogP contribution in [0.1, 0.15) is 34.6 Å². The summed E-state index contributed by atoms with van der Waals surface area (Å²) in [5.74, 6) is 1.17. The molecule has 1 aliphatic rings. The molecule has 0 aromatic heterocycles. The van der Waals surface area contributed by atoms with E-state index in [9.17, 15) is 0 Å². The standard InChI is InChI=1S/C13H20/c1-8(2)13-7-9(3)10(4)11(5)12(13)6/h7,12-13H,1H2,2-6H3. The van der Waals surface area contributed by atoms with Gasteiger partial charge in [-0.15, -0.1) is 0 Å². The minimum absolute atomic E-state index is 0.545.